The second-order valence-electron chi connectivity index (χ2n) is 4.09. The molecule has 0 amide bonds. The van der Waals surface area contributed by atoms with Gasteiger partial charge in [0.05, 0.1) is 6.10 Å². The maximum atomic E-state index is 13.4. The molecule has 0 bridgehead atoms. The number of halogens is 1. The van der Waals surface area contributed by atoms with E-state index in [0.717, 1.165) is 26.2 Å². The topological polar surface area (TPSA) is 35.5 Å². The van der Waals surface area contributed by atoms with Gasteiger partial charge in [-0.15, -0.1) is 0 Å². The van der Waals surface area contributed by atoms with Crippen LogP contribution in [-0.4, -0.2) is 42.7 Å². The van der Waals surface area contributed by atoms with Gasteiger partial charge in [0.1, 0.15) is 5.82 Å². The number of rotatable bonds is 3. The van der Waals surface area contributed by atoms with Crippen molar-refractivity contribution >= 4 is 0 Å². The number of hydrogen-bond acceptors (Lipinski definition) is 3. The van der Waals surface area contributed by atoms with Crippen LogP contribution < -0.4 is 5.32 Å². The first-order valence-electron chi connectivity index (χ1n) is 5.63. The molecule has 1 aromatic rings. The molecule has 2 N–H and O–H groups in total. The van der Waals surface area contributed by atoms with Crippen molar-refractivity contribution in [3.05, 3.63) is 35.6 Å². The van der Waals surface area contributed by atoms with E-state index in [9.17, 15) is 9.50 Å². The fraction of sp³-hybridized carbons (Fsp3) is 0.500. The Hall–Kier alpha value is -0.970. The van der Waals surface area contributed by atoms with Gasteiger partial charge in [-0.05, 0) is 6.07 Å². The van der Waals surface area contributed by atoms with Crippen molar-refractivity contribution < 1.29 is 9.50 Å². The molecule has 4 heteroatoms. The second-order valence-corrected chi connectivity index (χ2v) is 4.09. The Kier molecular flexibility index (Phi) is 3.88. The molecule has 1 aliphatic rings. The van der Waals surface area contributed by atoms with Crippen molar-refractivity contribution in [1.82, 2.24) is 10.2 Å². The van der Waals surface area contributed by atoms with Gasteiger partial charge in [-0.1, -0.05) is 18.2 Å². The molecule has 0 radical (unpaired) electrons. The van der Waals surface area contributed by atoms with Crippen LogP contribution in [0.4, 0.5) is 4.39 Å². The lowest BCUT2D eigenvalue weighted by molar-refractivity contribution is 0.103. The summed E-state index contributed by atoms with van der Waals surface area (Å²) in [7, 11) is 0. The first-order chi connectivity index (χ1) is 7.77. The molecule has 0 aromatic heterocycles. The van der Waals surface area contributed by atoms with Crippen LogP contribution in [0.2, 0.25) is 0 Å². The highest BCUT2D eigenvalue weighted by molar-refractivity contribution is 5.20. The summed E-state index contributed by atoms with van der Waals surface area (Å²) in [5.74, 6) is -0.329. The zero-order chi connectivity index (χ0) is 11.4. The van der Waals surface area contributed by atoms with Crippen molar-refractivity contribution in [3.8, 4) is 0 Å². The van der Waals surface area contributed by atoms with Crippen LogP contribution in [0.3, 0.4) is 0 Å². The summed E-state index contributed by atoms with van der Waals surface area (Å²) in [5.41, 5.74) is 0.390. The third kappa shape index (κ3) is 2.78. The van der Waals surface area contributed by atoms with Crippen LogP contribution in [0.25, 0.3) is 0 Å². The number of hydrogen-bond donors (Lipinski definition) is 2. The Morgan fingerprint density at radius 2 is 2.00 bits per heavy atom. The normalized spacial score (nSPS) is 19.6. The molecule has 1 fully saturated rings. The molecule has 0 aliphatic carbocycles. The van der Waals surface area contributed by atoms with E-state index >= 15 is 0 Å². The Labute approximate surface area is 94.9 Å². The fourth-order valence-corrected chi connectivity index (χ4v) is 1.98. The third-order valence-corrected chi connectivity index (χ3v) is 2.90. The summed E-state index contributed by atoms with van der Waals surface area (Å²) < 4.78 is 13.4. The molecule has 0 saturated carbocycles. The Morgan fingerprint density at radius 3 is 2.69 bits per heavy atom. The van der Waals surface area contributed by atoms with Gasteiger partial charge in [-0.3, -0.25) is 4.90 Å². The van der Waals surface area contributed by atoms with Gasteiger partial charge in [0.25, 0.3) is 0 Å². The molecule has 1 aromatic carbocycles. The molecule has 1 heterocycles. The van der Waals surface area contributed by atoms with E-state index in [4.69, 9.17) is 0 Å². The van der Waals surface area contributed by atoms with E-state index in [1.165, 1.54) is 6.07 Å². The van der Waals surface area contributed by atoms with E-state index in [-0.39, 0.29) is 5.82 Å². The van der Waals surface area contributed by atoms with Gasteiger partial charge in [0.15, 0.2) is 0 Å². The number of benzene rings is 1. The predicted octanol–water partition coefficient (Wildman–Crippen LogP) is 0.764. The summed E-state index contributed by atoms with van der Waals surface area (Å²) in [6, 6.07) is 6.41. The fourth-order valence-electron chi connectivity index (χ4n) is 1.98. The minimum absolute atomic E-state index is 0.329. The van der Waals surface area contributed by atoms with E-state index in [0.29, 0.717) is 12.1 Å². The molecule has 88 valence electrons. The molecule has 1 saturated heterocycles. The van der Waals surface area contributed by atoms with E-state index in [1.54, 1.807) is 18.2 Å². The largest absolute Gasteiger partial charge is 0.387 e. The first kappa shape index (κ1) is 11.5. The molecular formula is C12H17FN2O. The number of piperazine rings is 1. The lowest BCUT2D eigenvalue weighted by Crippen LogP contribution is -2.45. The lowest BCUT2D eigenvalue weighted by Gasteiger charge is -2.29. The molecular weight excluding hydrogens is 207 g/mol. The van der Waals surface area contributed by atoms with Gasteiger partial charge >= 0.3 is 0 Å². The van der Waals surface area contributed by atoms with Crippen molar-refractivity contribution in [2.75, 3.05) is 32.7 Å². The summed E-state index contributed by atoms with van der Waals surface area (Å²) in [5, 5.41) is 13.2. The quantitative estimate of drug-likeness (QED) is 0.796. The van der Waals surface area contributed by atoms with Gasteiger partial charge < -0.3 is 10.4 Å². The maximum absolute atomic E-state index is 13.4. The standard InChI is InChI=1S/C12H17FN2O/c13-11-4-2-1-3-10(11)12(16)9-15-7-5-14-6-8-15/h1-4,12,14,16H,5-9H2. The Morgan fingerprint density at radius 1 is 1.31 bits per heavy atom. The number of nitrogens with one attached hydrogen (secondary N) is 1. The minimum Gasteiger partial charge on any atom is -0.387 e. The molecule has 3 nitrogen and oxygen atoms in total. The average molecular weight is 224 g/mol. The SMILES string of the molecule is OC(CN1CCNCC1)c1ccccc1F. The highest BCUT2D eigenvalue weighted by Crippen LogP contribution is 2.17. The van der Waals surface area contributed by atoms with Crippen LogP contribution in [0.1, 0.15) is 11.7 Å². The zero-order valence-corrected chi connectivity index (χ0v) is 9.19. The van der Waals surface area contributed by atoms with Crippen molar-refractivity contribution in [2.24, 2.45) is 0 Å². The Bertz CT molecular complexity index is 340. The minimum atomic E-state index is -0.737. The van der Waals surface area contributed by atoms with Gasteiger partial charge in [0, 0.05) is 38.3 Å². The Balaban J connectivity index is 1.96. The summed E-state index contributed by atoms with van der Waals surface area (Å²) in [6.45, 7) is 4.19. The van der Waals surface area contributed by atoms with Crippen molar-refractivity contribution in [3.63, 3.8) is 0 Å². The third-order valence-electron chi connectivity index (χ3n) is 2.90. The van der Waals surface area contributed by atoms with E-state index in [2.05, 4.69) is 10.2 Å². The van der Waals surface area contributed by atoms with Crippen LogP contribution in [0.15, 0.2) is 24.3 Å². The van der Waals surface area contributed by atoms with E-state index < -0.39 is 6.10 Å². The number of nitrogens with zero attached hydrogens (tertiary/aromatic N) is 1. The van der Waals surface area contributed by atoms with Gasteiger partial charge in [-0.25, -0.2) is 4.39 Å². The number of β-amino-alcohol motifs (C(OH)–C–C–N with tert-alkyl or cyclic N) is 1. The first-order valence-corrected chi connectivity index (χ1v) is 5.63. The molecule has 1 unspecified atom stereocenters. The smallest absolute Gasteiger partial charge is 0.129 e. The lowest BCUT2D eigenvalue weighted by atomic mass is 10.1. The molecule has 1 atom stereocenters. The van der Waals surface area contributed by atoms with Crippen molar-refractivity contribution in [2.45, 2.75) is 6.10 Å². The second kappa shape index (κ2) is 5.39. The van der Waals surface area contributed by atoms with Crippen LogP contribution >= 0.6 is 0 Å². The van der Waals surface area contributed by atoms with E-state index in [1.807, 2.05) is 0 Å². The van der Waals surface area contributed by atoms with Crippen LogP contribution in [0.5, 0.6) is 0 Å². The van der Waals surface area contributed by atoms with Crippen LogP contribution in [-0.2, 0) is 0 Å². The summed E-state index contributed by atoms with van der Waals surface area (Å²) in [4.78, 5) is 2.15. The zero-order valence-electron chi connectivity index (χ0n) is 9.19. The highest BCUT2D eigenvalue weighted by atomic mass is 19.1. The van der Waals surface area contributed by atoms with Crippen molar-refractivity contribution in [1.29, 1.82) is 0 Å². The summed E-state index contributed by atoms with van der Waals surface area (Å²) in [6.07, 6.45) is -0.737. The van der Waals surface area contributed by atoms with Gasteiger partial charge in [-0.2, -0.15) is 0 Å². The maximum Gasteiger partial charge on any atom is 0.129 e. The monoisotopic (exact) mass is 224 g/mol. The van der Waals surface area contributed by atoms with Gasteiger partial charge in [0.2, 0.25) is 0 Å². The molecule has 0 spiro atoms. The molecule has 1 aliphatic heterocycles. The van der Waals surface area contributed by atoms with Crippen LogP contribution in [0, 0.1) is 5.82 Å². The average Bonchev–Trinajstić information content (AvgIpc) is 2.31. The number of aliphatic hydroxyl groups is 1. The predicted molar refractivity (Wildman–Crippen MR) is 60.7 cm³/mol. The summed E-state index contributed by atoms with van der Waals surface area (Å²) >= 11 is 0. The highest BCUT2D eigenvalue weighted by Gasteiger charge is 2.17. The molecule has 2 rings (SSSR count). The molecule has 16 heavy (non-hydrogen) atoms. The number of aliphatic hydroxyl groups excluding tert-OH is 1.